The van der Waals surface area contributed by atoms with E-state index in [1.54, 1.807) is 0 Å². The summed E-state index contributed by atoms with van der Waals surface area (Å²) in [6.45, 7) is 2.44. The Kier molecular flexibility index (Phi) is 2.39. The van der Waals surface area contributed by atoms with Crippen molar-refractivity contribution in [3.05, 3.63) is 24.3 Å². The minimum absolute atomic E-state index is 1.18. The molecule has 13 heavy (non-hydrogen) atoms. The number of rotatable bonds is 2. The summed E-state index contributed by atoms with van der Waals surface area (Å²) in [6.07, 6.45) is 2.68. The van der Waals surface area contributed by atoms with Crippen LogP contribution in [0.2, 0.25) is 0 Å². The van der Waals surface area contributed by atoms with E-state index in [4.69, 9.17) is 0 Å². The van der Waals surface area contributed by atoms with Gasteiger partial charge in [-0.2, -0.15) is 0 Å². The molecule has 0 saturated carbocycles. The van der Waals surface area contributed by atoms with Crippen molar-refractivity contribution in [1.82, 2.24) is 0 Å². The van der Waals surface area contributed by atoms with Gasteiger partial charge in [0.1, 0.15) is 0 Å². The standard InChI is InChI=1S/C11H16N2/c1-12-10-4-6-11(7-5-10)13-8-2-3-9-13/h4-7,12H,2-3,8-9H2,1H3. The van der Waals surface area contributed by atoms with Crippen molar-refractivity contribution in [3.63, 3.8) is 0 Å². The molecule has 0 radical (unpaired) electrons. The van der Waals surface area contributed by atoms with E-state index >= 15 is 0 Å². The summed E-state index contributed by atoms with van der Waals surface area (Å²) in [7, 11) is 1.95. The monoisotopic (exact) mass is 176 g/mol. The van der Waals surface area contributed by atoms with Crippen LogP contribution in [0, 0.1) is 0 Å². The predicted octanol–water partition coefficient (Wildman–Crippen LogP) is 2.33. The molecule has 0 unspecified atom stereocenters. The van der Waals surface area contributed by atoms with E-state index in [2.05, 4.69) is 34.5 Å². The van der Waals surface area contributed by atoms with Crippen LogP contribution in [0.4, 0.5) is 11.4 Å². The molecule has 0 atom stereocenters. The fourth-order valence-electron chi connectivity index (χ4n) is 1.81. The van der Waals surface area contributed by atoms with Gasteiger partial charge in [-0.3, -0.25) is 0 Å². The molecule has 1 N–H and O–H groups in total. The highest BCUT2D eigenvalue weighted by atomic mass is 15.1. The second-order valence-corrected chi connectivity index (χ2v) is 3.49. The van der Waals surface area contributed by atoms with Crippen LogP contribution in [-0.4, -0.2) is 20.1 Å². The Labute approximate surface area is 79.6 Å². The maximum atomic E-state index is 3.13. The molecular weight excluding hydrogens is 160 g/mol. The molecule has 0 aromatic heterocycles. The third-order valence-electron chi connectivity index (χ3n) is 2.63. The van der Waals surface area contributed by atoms with Gasteiger partial charge in [-0.05, 0) is 37.1 Å². The Bertz CT molecular complexity index is 260. The fraction of sp³-hybridized carbons (Fsp3) is 0.455. The van der Waals surface area contributed by atoms with Crippen LogP contribution >= 0.6 is 0 Å². The molecule has 0 spiro atoms. The highest BCUT2D eigenvalue weighted by molar-refractivity contribution is 5.55. The Hall–Kier alpha value is -1.18. The van der Waals surface area contributed by atoms with E-state index in [9.17, 15) is 0 Å². The maximum absolute atomic E-state index is 3.13. The van der Waals surface area contributed by atoms with E-state index in [1.165, 1.54) is 37.3 Å². The summed E-state index contributed by atoms with van der Waals surface area (Å²) in [6, 6.07) is 8.65. The molecule has 1 aliphatic heterocycles. The largest absolute Gasteiger partial charge is 0.388 e. The molecule has 0 amide bonds. The lowest BCUT2D eigenvalue weighted by molar-refractivity contribution is 0.949. The summed E-state index contributed by atoms with van der Waals surface area (Å²) in [5, 5.41) is 3.13. The molecule has 2 nitrogen and oxygen atoms in total. The van der Waals surface area contributed by atoms with Crippen LogP contribution < -0.4 is 10.2 Å². The van der Waals surface area contributed by atoms with Crippen molar-refractivity contribution in [2.45, 2.75) is 12.8 Å². The topological polar surface area (TPSA) is 15.3 Å². The number of hydrogen-bond acceptors (Lipinski definition) is 2. The number of benzene rings is 1. The Balaban J connectivity index is 2.12. The molecule has 0 aliphatic carbocycles. The summed E-state index contributed by atoms with van der Waals surface area (Å²) in [5.41, 5.74) is 2.54. The van der Waals surface area contributed by atoms with Gasteiger partial charge in [-0.15, -0.1) is 0 Å². The van der Waals surface area contributed by atoms with Gasteiger partial charge in [0, 0.05) is 31.5 Å². The zero-order valence-corrected chi connectivity index (χ0v) is 8.09. The van der Waals surface area contributed by atoms with Crippen LogP contribution in [0.15, 0.2) is 24.3 Å². The van der Waals surface area contributed by atoms with Crippen LogP contribution in [-0.2, 0) is 0 Å². The molecule has 0 bridgehead atoms. The van der Waals surface area contributed by atoms with Gasteiger partial charge in [0.15, 0.2) is 0 Å². The van der Waals surface area contributed by atoms with E-state index in [0.717, 1.165) is 0 Å². The number of nitrogens with one attached hydrogen (secondary N) is 1. The van der Waals surface area contributed by atoms with E-state index < -0.39 is 0 Å². The zero-order chi connectivity index (χ0) is 9.10. The quantitative estimate of drug-likeness (QED) is 0.744. The molecule has 1 aliphatic rings. The van der Waals surface area contributed by atoms with E-state index in [0.29, 0.717) is 0 Å². The summed E-state index contributed by atoms with van der Waals surface area (Å²) in [5.74, 6) is 0. The molecular formula is C11H16N2. The molecule has 70 valence electrons. The van der Waals surface area contributed by atoms with Gasteiger partial charge in [0.2, 0.25) is 0 Å². The molecule has 2 heteroatoms. The summed E-state index contributed by atoms with van der Waals surface area (Å²) in [4.78, 5) is 2.44. The lowest BCUT2D eigenvalue weighted by Crippen LogP contribution is -2.17. The first-order valence-corrected chi connectivity index (χ1v) is 4.93. The predicted molar refractivity (Wildman–Crippen MR) is 57.4 cm³/mol. The minimum Gasteiger partial charge on any atom is -0.388 e. The highest BCUT2D eigenvalue weighted by Crippen LogP contribution is 2.21. The average Bonchev–Trinajstić information content (AvgIpc) is 2.71. The Morgan fingerprint density at radius 1 is 1.08 bits per heavy atom. The second-order valence-electron chi connectivity index (χ2n) is 3.49. The molecule has 1 aromatic carbocycles. The fourth-order valence-corrected chi connectivity index (χ4v) is 1.81. The third kappa shape index (κ3) is 1.77. The SMILES string of the molecule is CNc1ccc(N2CCCC2)cc1. The average molecular weight is 176 g/mol. The Morgan fingerprint density at radius 2 is 1.69 bits per heavy atom. The molecule has 1 aromatic rings. The van der Waals surface area contributed by atoms with Crippen LogP contribution in [0.25, 0.3) is 0 Å². The first-order chi connectivity index (χ1) is 6.40. The van der Waals surface area contributed by atoms with Gasteiger partial charge in [-0.25, -0.2) is 0 Å². The first kappa shape index (κ1) is 8.42. The van der Waals surface area contributed by atoms with Crippen LogP contribution in [0.5, 0.6) is 0 Å². The first-order valence-electron chi connectivity index (χ1n) is 4.93. The number of nitrogens with zero attached hydrogens (tertiary/aromatic N) is 1. The summed E-state index contributed by atoms with van der Waals surface area (Å²) < 4.78 is 0. The maximum Gasteiger partial charge on any atom is 0.0367 e. The van der Waals surface area contributed by atoms with Crippen molar-refractivity contribution in [1.29, 1.82) is 0 Å². The lowest BCUT2D eigenvalue weighted by atomic mass is 10.2. The van der Waals surface area contributed by atoms with Crippen LogP contribution in [0.1, 0.15) is 12.8 Å². The lowest BCUT2D eigenvalue weighted by Gasteiger charge is -2.17. The van der Waals surface area contributed by atoms with Crippen molar-refractivity contribution in [3.8, 4) is 0 Å². The van der Waals surface area contributed by atoms with Crippen molar-refractivity contribution >= 4 is 11.4 Å². The smallest absolute Gasteiger partial charge is 0.0367 e. The molecule has 2 rings (SSSR count). The van der Waals surface area contributed by atoms with Gasteiger partial charge in [-0.1, -0.05) is 0 Å². The van der Waals surface area contributed by atoms with Gasteiger partial charge < -0.3 is 10.2 Å². The molecule has 1 fully saturated rings. The Morgan fingerprint density at radius 3 is 2.23 bits per heavy atom. The van der Waals surface area contributed by atoms with E-state index in [-0.39, 0.29) is 0 Å². The molecule has 1 saturated heterocycles. The second kappa shape index (κ2) is 3.69. The van der Waals surface area contributed by atoms with Crippen molar-refractivity contribution in [2.75, 3.05) is 30.4 Å². The van der Waals surface area contributed by atoms with Gasteiger partial charge in [0.25, 0.3) is 0 Å². The van der Waals surface area contributed by atoms with E-state index in [1.807, 2.05) is 7.05 Å². The third-order valence-corrected chi connectivity index (χ3v) is 2.63. The minimum atomic E-state index is 1.18. The summed E-state index contributed by atoms with van der Waals surface area (Å²) >= 11 is 0. The van der Waals surface area contributed by atoms with Crippen molar-refractivity contribution in [2.24, 2.45) is 0 Å². The van der Waals surface area contributed by atoms with Gasteiger partial charge in [0.05, 0.1) is 0 Å². The zero-order valence-electron chi connectivity index (χ0n) is 8.09. The number of hydrogen-bond donors (Lipinski definition) is 1. The molecule has 1 heterocycles. The van der Waals surface area contributed by atoms with Crippen molar-refractivity contribution < 1.29 is 0 Å². The van der Waals surface area contributed by atoms with Crippen LogP contribution in [0.3, 0.4) is 0 Å². The van der Waals surface area contributed by atoms with Gasteiger partial charge >= 0.3 is 0 Å². The normalized spacial score (nSPS) is 16.2. The number of anilines is 2. The highest BCUT2D eigenvalue weighted by Gasteiger charge is 2.11.